The van der Waals surface area contributed by atoms with E-state index in [2.05, 4.69) is 4.90 Å². The summed E-state index contributed by atoms with van der Waals surface area (Å²) in [6, 6.07) is 5.82. The minimum absolute atomic E-state index is 0.00820. The summed E-state index contributed by atoms with van der Waals surface area (Å²) in [5.74, 6) is -0.246. The fourth-order valence-electron chi connectivity index (χ4n) is 7.77. The lowest BCUT2D eigenvalue weighted by atomic mass is 9.73. The molecule has 7 nitrogen and oxygen atoms in total. The number of anilines is 1. The Morgan fingerprint density at radius 3 is 2.30 bits per heavy atom. The van der Waals surface area contributed by atoms with Crippen LogP contribution in [-0.4, -0.2) is 72.0 Å². The zero-order chi connectivity index (χ0) is 25.7. The van der Waals surface area contributed by atoms with E-state index in [0.29, 0.717) is 12.6 Å². The van der Waals surface area contributed by atoms with Crippen molar-refractivity contribution >= 4 is 17.9 Å². The van der Waals surface area contributed by atoms with Crippen molar-refractivity contribution in [3.63, 3.8) is 0 Å². The molecular formula is C29H40FN3O4. The summed E-state index contributed by atoms with van der Waals surface area (Å²) in [7, 11) is 0. The molecule has 4 aliphatic heterocycles. The molecule has 0 aromatic heterocycles. The maximum atomic E-state index is 14.4. The summed E-state index contributed by atoms with van der Waals surface area (Å²) >= 11 is 0. The molecule has 2 amide bonds. The molecule has 1 aromatic carbocycles. The third-order valence-electron chi connectivity index (χ3n) is 9.60. The van der Waals surface area contributed by atoms with Gasteiger partial charge in [0, 0.05) is 30.1 Å². The monoisotopic (exact) mass is 513 g/mol. The number of carbonyl (C=O) groups is 2. The van der Waals surface area contributed by atoms with Gasteiger partial charge in [-0.05, 0) is 115 Å². The second kappa shape index (κ2) is 9.75. The van der Waals surface area contributed by atoms with Crippen LogP contribution in [-0.2, 0) is 14.9 Å². The van der Waals surface area contributed by atoms with Gasteiger partial charge in [-0.2, -0.15) is 0 Å². The van der Waals surface area contributed by atoms with Crippen molar-refractivity contribution in [1.29, 1.82) is 0 Å². The Labute approximate surface area is 219 Å². The standard InChI is InChI=1S/C29H40FN3O4/c1-19(2)36-28(35)33-21-8-9-22(33)17-23(16-21)31-13-11-29(12-14-31)18-32(26-10-7-20(30)15-25(26)29)27(34)37-24-5-3-4-6-24/h7,10,15,19,21-24H,3-6,8-9,11-14,16-18H2,1-2H3. The molecule has 0 radical (unpaired) electrons. The number of hydrogen-bond donors (Lipinski definition) is 0. The largest absolute Gasteiger partial charge is 0.447 e. The Morgan fingerprint density at radius 2 is 1.65 bits per heavy atom. The van der Waals surface area contributed by atoms with E-state index in [1.165, 1.54) is 6.07 Å². The van der Waals surface area contributed by atoms with Crippen LogP contribution in [0.4, 0.5) is 19.7 Å². The van der Waals surface area contributed by atoms with E-state index in [9.17, 15) is 14.0 Å². The Balaban J connectivity index is 1.13. The highest BCUT2D eigenvalue weighted by Crippen LogP contribution is 2.49. The number of rotatable bonds is 3. The molecule has 1 aliphatic carbocycles. The molecule has 202 valence electrons. The van der Waals surface area contributed by atoms with Crippen LogP contribution >= 0.6 is 0 Å². The van der Waals surface area contributed by atoms with Crippen molar-refractivity contribution in [2.45, 2.75) is 114 Å². The van der Waals surface area contributed by atoms with Crippen LogP contribution < -0.4 is 4.90 Å². The fourth-order valence-corrected chi connectivity index (χ4v) is 7.77. The van der Waals surface area contributed by atoms with Gasteiger partial charge in [0.2, 0.25) is 0 Å². The van der Waals surface area contributed by atoms with Crippen molar-refractivity contribution in [2.75, 3.05) is 24.5 Å². The van der Waals surface area contributed by atoms with Gasteiger partial charge in [-0.3, -0.25) is 4.90 Å². The minimum Gasteiger partial charge on any atom is -0.447 e. The number of nitrogens with zero attached hydrogens (tertiary/aromatic N) is 3. The summed E-state index contributed by atoms with van der Waals surface area (Å²) in [5, 5.41) is 0. The number of benzene rings is 1. The molecule has 4 heterocycles. The highest BCUT2D eigenvalue weighted by molar-refractivity contribution is 5.91. The molecule has 1 aromatic rings. The topological polar surface area (TPSA) is 62.3 Å². The summed E-state index contributed by atoms with van der Waals surface area (Å²) in [5.41, 5.74) is 1.54. The van der Waals surface area contributed by atoms with E-state index in [1.807, 2.05) is 18.7 Å². The number of amides is 2. The summed E-state index contributed by atoms with van der Waals surface area (Å²) in [6.45, 7) is 6.21. The fraction of sp³-hybridized carbons (Fsp3) is 0.724. The Bertz CT molecular complexity index is 1020. The number of likely N-dealkylation sites (tertiary alicyclic amines) is 1. The molecule has 0 N–H and O–H groups in total. The molecule has 5 aliphatic rings. The summed E-state index contributed by atoms with van der Waals surface area (Å²) < 4.78 is 25.8. The Morgan fingerprint density at radius 1 is 0.973 bits per heavy atom. The van der Waals surface area contributed by atoms with E-state index in [-0.39, 0.29) is 47.7 Å². The Hall–Kier alpha value is -2.35. The van der Waals surface area contributed by atoms with Crippen LogP contribution in [0.5, 0.6) is 0 Å². The normalized spacial score (nSPS) is 29.2. The lowest BCUT2D eigenvalue weighted by molar-refractivity contribution is 0.0174. The van der Waals surface area contributed by atoms with E-state index < -0.39 is 0 Å². The van der Waals surface area contributed by atoms with Crippen LogP contribution in [0.1, 0.15) is 83.6 Å². The minimum atomic E-state index is -0.281. The molecule has 2 atom stereocenters. The number of carbonyl (C=O) groups excluding carboxylic acids is 2. The van der Waals surface area contributed by atoms with Crippen LogP contribution in [0.25, 0.3) is 0 Å². The molecule has 6 rings (SSSR count). The molecule has 2 unspecified atom stereocenters. The summed E-state index contributed by atoms with van der Waals surface area (Å²) in [4.78, 5) is 32.2. The van der Waals surface area contributed by atoms with Crippen molar-refractivity contribution in [3.05, 3.63) is 29.6 Å². The molecule has 4 fully saturated rings. The van der Waals surface area contributed by atoms with Gasteiger partial charge in [-0.1, -0.05) is 0 Å². The van der Waals surface area contributed by atoms with Gasteiger partial charge in [-0.25, -0.2) is 14.0 Å². The molecule has 37 heavy (non-hydrogen) atoms. The molecule has 8 heteroatoms. The maximum absolute atomic E-state index is 14.4. The highest BCUT2D eigenvalue weighted by atomic mass is 19.1. The van der Waals surface area contributed by atoms with E-state index in [0.717, 1.165) is 88.5 Å². The lowest BCUT2D eigenvalue weighted by Gasteiger charge is -2.47. The van der Waals surface area contributed by atoms with Crippen LogP contribution in [0.2, 0.25) is 0 Å². The molecule has 2 bridgehead atoms. The average Bonchev–Trinajstić information content (AvgIpc) is 3.55. The first kappa shape index (κ1) is 25.0. The SMILES string of the molecule is CC(C)OC(=O)N1C2CCC1CC(N1CCC3(CC1)CN(C(=O)OC1CCCC1)c1ccc(F)cc13)C2. The van der Waals surface area contributed by atoms with Crippen LogP contribution in [0, 0.1) is 5.82 Å². The van der Waals surface area contributed by atoms with Gasteiger partial charge in [-0.15, -0.1) is 0 Å². The summed E-state index contributed by atoms with van der Waals surface area (Å²) in [6.07, 6.45) is 9.42. The second-order valence-corrected chi connectivity index (χ2v) is 12.2. The number of hydrogen-bond acceptors (Lipinski definition) is 5. The average molecular weight is 514 g/mol. The predicted molar refractivity (Wildman–Crippen MR) is 138 cm³/mol. The van der Waals surface area contributed by atoms with Gasteiger partial charge < -0.3 is 19.3 Å². The smallest absolute Gasteiger partial charge is 0.414 e. The molecule has 3 saturated heterocycles. The van der Waals surface area contributed by atoms with Crippen LogP contribution in [0.15, 0.2) is 18.2 Å². The first-order valence-corrected chi connectivity index (χ1v) is 14.3. The van der Waals surface area contributed by atoms with Crippen molar-refractivity contribution in [1.82, 2.24) is 9.80 Å². The number of fused-ring (bicyclic) bond motifs is 4. The second-order valence-electron chi connectivity index (χ2n) is 12.2. The molecule has 1 saturated carbocycles. The first-order valence-electron chi connectivity index (χ1n) is 14.3. The van der Waals surface area contributed by atoms with Crippen molar-refractivity contribution in [3.8, 4) is 0 Å². The first-order chi connectivity index (χ1) is 17.8. The number of piperidine rings is 2. The zero-order valence-corrected chi connectivity index (χ0v) is 22.2. The molecule has 1 spiro atoms. The van der Waals surface area contributed by atoms with Crippen LogP contribution in [0.3, 0.4) is 0 Å². The third kappa shape index (κ3) is 4.59. The number of halogens is 1. The van der Waals surface area contributed by atoms with E-state index >= 15 is 0 Å². The molecular weight excluding hydrogens is 473 g/mol. The van der Waals surface area contributed by atoms with Crippen molar-refractivity contribution in [2.24, 2.45) is 0 Å². The zero-order valence-electron chi connectivity index (χ0n) is 22.2. The van der Waals surface area contributed by atoms with Gasteiger partial charge in [0.15, 0.2) is 0 Å². The lowest BCUT2D eigenvalue weighted by Crippen LogP contribution is -2.55. The van der Waals surface area contributed by atoms with Gasteiger partial charge >= 0.3 is 12.2 Å². The quantitative estimate of drug-likeness (QED) is 0.527. The highest BCUT2D eigenvalue weighted by Gasteiger charge is 2.50. The van der Waals surface area contributed by atoms with Crippen molar-refractivity contribution < 1.29 is 23.5 Å². The predicted octanol–water partition coefficient (Wildman–Crippen LogP) is 5.60. The van der Waals surface area contributed by atoms with Gasteiger partial charge in [0.05, 0.1) is 11.8 Å². The van der Waals surface area contributed by atoms with E-state index in [1.54, 1.807) is 17.0 Å². The maximum Gasteiger partial charge on any atom is 0.414 e. The third-order valence-corrected chi connectivity index (χ3v) is 9.60. The van der Waals surface area contributed by atoms with Gasteiger partial charge in [0.25, 0.3) is 0 Å². The van der Waals surface area contributed by atoms with E-state index in [4.69, 9.17) is 9.47 Å². The Kier molecular flexibility index (Phi) is 6.58. The number of ether oxygens (including phenoxy) is 2. The van der Waals surface area contributed by atoms with Gasteiger partial charge in [0.1, 0.15) is 11.9 Å².